The van der Waals surface area contributed by atoms with E-state index in [1.807, 2.05) is 6.07 Å². The molecule has 0 amide bonds. The lowest BCUT2D eigenvalue weighted by atomic mass is 10.1. The maximum Gasteiger partial charge on any atom is 0.244 e. The molecule has 0 radical (unpaired) electrons. The smallest absolute Gasteiger partial charge is 0.244 e. The van der Waals surface area contributed by atoms with E-state index in [0.29, 0.717) is 5.57 Å². The summed E-state index contributed by atoms with van der Waals surface area (Å²) in [6, 6.07) is 1.99. The highest BCUT2D eigenvalue weighted by atomic mass is 16.5. The minimum Gasteiger partial charge on any atom is -0.291 e. The predicted molar refractivity (Wildman–Crippen MR) is 64.3 cm³/mol. The van der Waals surface area contributed by atoms with Gasteiger partial charge in [0.25, 0.3) is 0 Å². The highest BCUT2D eigenvalue weighted by molar-refractivity contribution is 5.36. The molecule has 2 aromatic heterocycles. The monoisotopic (exact) mass is 254 g/mol. The summed E-state index contributed by atoms with van der Waals surface area (Å²) in [7, 11) is 0. The van der Waals surface area contributed by atoms with Gasteiger partial charge in [-0.05, 0) is 12.2 Å². The van der Waals surface area contributed by atoms with Crippen LogP contribution >= 0.6 is 0 Å². The van der Waals surface area contributed by atoms with Crippen LogP contribution in [0.25, 0.3) is 0 Å². The molecule has 0 saturated heterocycles. The molecule has 0 aliphatic carbocycles. The number of imidazole rings is 2. The highest BCUT2D eigenvalue weighted by Crippen LogP contribution is 2.29. The maximum absolute atomic E-state index is 10.3. The van der Waals surface area contributed by atoms with Crippen molar-refractivity contribution in [3.63, 3.8) is 0 Å². The van der Waals surface area contributed by atoms with Crippen LogP contribution in [-0.2, 0) is 5.79 Å². The molecular formula is C12H10N6O. The molecular weight excluding hydrogens is 244 g/mol. The van der Waals surface area contributed by atoms with Crippen LogP contribution in [0.2, 0.25) is 0 Å². The van der Waals surface area contributed by atoms with Gasteiger partial charge in [-0.1, -0.05) is 0 Å². The Hall–Kier alpha value is -2.85. The first kappa shape index (κ1) is 11.3. The minimum absolute atomic E-state index is 0.360. The summed E-state index contributed by atoms with van der Waals surface area (Å²) in [4.78, 5) is 8.00. The van der Waals surface area contributed by atoms with Crippen LogP contribution in [0.4, 0.5) is 0 Å². The number of hydrogen-bond donors (Lipinski definition) is 1. The second kappa shape index (κ2) is 4.12. The molecule has 0 saturated carbocycles. The van der Waals surface area contributed by atoms with Gasteiger partial charge in [-0.15, -0.1) is 0 Å². The topological polar surface area (TPSA) is 82.9 Å². The summed E-state index contributed by atoms with van der Waals surface area (Å²) < 4.78 is 3.41. The zero-order valence-corrected chi connectivity index (χ0v) is 9.83. The quantitative estimate of drug-likeness (QED) is 0.861. The summed E-state index contributed by atoms with van der Waals surface area (Å²) in [5.41, 5.74) is 0.360. The first-order valence-corrected chi connectivity index (χ1v) is 5.53. The summed E-state index contributed by atoms with van der Waals surface area (Å²) in [6.45, 7) is 0. The SMILES string of the molecule is N#CC1=CN(O)C(n2ccnc2)(n2ccnc2)C=C1. The van der Waals surface area contributed by atoms with E-state index in [9.17, 15) is 5.21 Å². The van der Waals surface area contributed by atoms with Crippen LogP contribution in [-0.4, -0.2) is 29.4 Å². The number of allylic oxidation sites excluding steroid dienone is 2. The van der Waals surface area contributed by atoms with Crippen LogP contribution < -0.4 is 0 Å². The van der Waals surface area contributed by atoms with Crippen LogP contribution in [0.5, 0.6) is 0 Å². The van der Waals surface area contributed by atoms with E-state index >= 15 is 0 Å². The van der Waals surface area contributed by atoms with Crippen molar-refractivity contribution in [3.05, 3.63) is 61.4 Å². The highest BCUT2D eigenvalue weighted by Gasteiger charge is 2.38. The number of hydroxylamine groups is 2. The molecule has 1 aliphatic heterocycles. The average molecular weight is 254 g/mol. The molecule has 0 unspecified atom stereocenters. The first-order chi connectivity index (χ1) is 9.27. The van der Waals surface area contributed by atoms with Gasteiger partial charge in [-0.25, -0.2) is 15.0 Å². The Balaban J connectivity index is 2.19. The molecule has 0 spiro atoms. The van der Waals surface area contributed by atoms with Crippen molar-refractivity contribution in [3.8, 4) is 6.07 Å². The normalized spacial score (nSPS) is 17.1. The molecule has 2 aromatic rings. The van der Waals surface area contributed by atoms with Gasteiger partial charge in [0.1, 0.15) is 6.07 Å². The van der Waals surface area contributed by atoms with Gasteiger partial charge in [0.15, 0.2) is 0 Å². The van der Waals surface area contributed by atoms with Crippen LogP contribution in [0.1, 0.15) is 0 Å². The lowest BCUT2D eigenvalue weighted by molar-refractivity contribution is -0.161. The van der Waals surface area contributed by atoms with Crippen molar-refractivity contribution in [1.82, 2.24) is 24.2 Å². The van der Waals surface area contributed by atoms with Gasteiger partial charge < -0.3 is 0 Å². The van der Waals surface area contributed by atoms with Crippen molar-refractivity contribution in [1.29, 1.82) is 5.26 Å². The molecule has 0 atom stereocenters. The average Bonchev–Trinajstić information content (AvgIpc) is 3.12. The van der Waals surface area contributed by atoms with Crippen molar-refractivity contribution < 1.29 is 5.21 Å². The van der Waals surface area contributed by atoms with Gasteiger partial charge in [0, 0.05) is 24.8 Å². The fourth-order valence-electron chi connectivity index (χ4n) is 2.06. The fourth-order valence-corrected chi connectivity index (χ4v) is 2.06. The van der Waals surface area contributed by atoms with Gasteiger partial charge in [-0.2, -0.15) is 5.26 Å². The van der Waals surface area contributed by atoms with Crippen molar-refractivity contribution in [2.75, 3.05) is 0 Å². The number of aromatic nitrogens is 4. The Morgan fingerprint density at radius 3 is 2.21 bits per heavy atom. The van der Waals surface area contributed by atoms with Gasteiger partial charge in [0.05, 0.1) is 24.4 Å². The number of hydrogen-bond acceptors (Lipinski definition) is 5. The Morgan fingerprint density at radius 1 is 1.16 bits per heavy atom. The first-order valence-electron chi connectivity index (χ1n) is 5.53. The molecule has 7 heteroatoms. The van der Waals surface area contributed by atoms with Gasteiger partial charge >= 0.3 is 0 Å². The lowest BCUT2D eigenvalue weighted by Gasteiger charge is -2.40. The van der Waals surface area contributed by atoms with Crippen molar-refractivity contribution in [2.24, 2.45) is 0 Å². The Kier molecular flexibility index (Phi) is 2.44. The van der Waals surface area contributed by atoms with Crippen molar-refractivity contribution in [2.45, 2.75) is 5.79 Å². The largest absolute Gasteiger partial charge is 0.291 e. The minimum atomic E-state index is -1.05. The third-order valence-electron chi connectivity index (χ3n) is 2.98. The lowest BCUT2D eigenvalue weighted by Crippen LogP contribution is -2.51. The van der Waals surface area contributed by atoms with E-state index in [4.69, 9.17) is 5.26 Å². The predicted octanol–water partition coefficient (Wildman–Crippen LogP) is 0.907. The second-order valence-corrected chi connectivity index (χ2v) is 4.00. The Bertz CT molecular complexity index is 627. The fraction of sp³-hybridized carbons (Fsp3) is 0.0833. The molecule has 7 nitrogen and oxygen atoms in total. The number of rotatable bonds is 2. The molecule has 94 valence electrons. The molecule has 1 aliphatic rings. The van der Waals surface area contributed by atoms with E-state index in [-0.39, 0.29) is 0 Å². The van der Waals surface area contributed by atoms with E-state index in [1.54, 1.807) is 58.7 Å². The van der Waals surface area contributed by atoms with E-state index < -0.39 is 5.79 Å². The third kappa shape index (κ3) is 1.55. The van der Waals surface area contributed by atoms with Gasteiger partial charge in [0.2, 0.25) is 5.79 Å². The van der Waals surface area contributed by atoms with Gasteiger partial charge in [-0.3, -0.25) is 14.3 Å². The molecule has 0 aromatic carbocycles. The third-order valence-corrected chi connectivity index (χ3v) is 2.98. The van der Waals surface area contributed by atoms with Crippen LogP contribution in [0.15, 0.2) is 61.4 Å². The summed E-state index contributed by atoms with van der Waals surface area (Å²) in [5.74, 6) is -1.05. The Morgan fingerprint density at radius 2 is 1.79 bits per heavy atom. The molecule has 3 rings (SSSR count). The summed E-state index contributed by atoms with van der Waals surface area (Å²) in [5, 5.41) is 20.2. The van der Waals surface area contributed by atoms with E-state index in [1.165, 1.54) is 6.20 Å². The standard InChI is InChI=1S/C12H10N6O/c13-7-11-1-2-12(18(19)8-11,16-5-3-14-9-16)17-6-4-15-10-17/h1-6,8-10,19H. The molecule has 3 heterocycles. The number of nitriles is 1. The zero-order chi connectivity index (χ0) is 13.3. The molecule has 0 fully saturated rings. The molecule has 1 N–H and O–H groups in total. The number of nitrogens with zero attached hydrogens (tertiary/aromatic N) is 6. The summed E-state index contributed by atoms with van der Waals surface area (Å²) in [6.07, 6.45) is 14.5. The Labute approximate surface area is 108 Å². The van der Waals surface area contributed by atoms with Crippen LogP contribution in [0.3, 0.4) is 0 Å². The maximum atomic E-state index is 10.3. The van der Waals surface area contributed by atoms with Crippen molar-refractivity contribution >= 4 is 0 Å². The molecule has 0 bridgehead atoms. The second-order valence-electron chi connectivity index (χ2n) is 4.00. The van der Waals surface area contributed by atoms with Crippen LogP contribution in [0, 0.1) is 11.3 Å². The van der Waals surface area contributed by atoms with E-state index in [0.717, 1.165) is 5.06 Å². The summed E-state index contributed by atoms with van der Waals surface area (Å²) >= 11 is 0. The molecule has 19 heavy (non-hydrogen) atoms. The van der Waals surface area contributed by atoms with E-state index in [2.05, 4.69) is 9.97 Å². The zero-order valence-electron chi connectivity index (χ0n) is 9.83.